The first-order chi connectivity index (χ1) is 15.6. The number of para-hydroxylation sites is 2. The lowest BCUT2D eigenvalue weighted by Crippen LogP contribution is -2.21. The fraction of sp³-hybridized carbons (Fsp3) is 0.0435. The normalized spacial score (nSPS) is 11.1. The van der Waals surface area contributed by atoms with Crippen LogP contribution < -0.4 is 10.3 Å². The molecule has 0 aliphatic rings. The van der Waals surface area contributed by atoms with Gasteiger partial charge in [0, 0.05) is 0 Å². The second-order valence-electron chi connectivity index (χ2n) is 6.98. The largest absolute Gasteiger partial charge is 0.451 e. The van der Waals surface area contributed by atoms with E-state index in [2.05, 4.69) is 15.3 Å². The molecule has 0 saturated heterocycles. The van der Waals surface area contributed by atoms with E-state index >= 15 is 0 Å². The number of halogens is 2. The minimum atomic E-state index is -0.678. The maximum Gasteiger partial charge on any atom is 0.283 e. The van der Waals surface area contributed by atoms with Crippen LogP contribution in [0.4, 0.5) is 8.78 Å². The van der Waals surface area contributed by atoms with Crippen molar-refractivity contribution in [3.8, 4) is 17.2 Å². The maximum absolute atomic E-state index is 14.5. The van der Waals surface area contributed by atoms with Crippen molar-refractivity contribution in [1.82, 2.24) is 24.5 Å². The number of ether oxygens (including phenoxy) is 1. The van der Waals surface area contributed by atoms with Crippen LogP contribution in [0.1, 0.15) is 5.56 Å². The maximum atomic E-state index is 14.5. The van der Waals surface area contributed by atoms with Crippen molar-refractivity contribution in [2.24, 2.45) is 0 Å². The van der Waals surface area contributed by atoms with E-state index in [1.807, 2.05) is 30.3 Å². The van der Waals surface area contributed by atoms with Gasteiger partial charge in [-0.2, -0.15) is 4.68 Å². The summed E-state index contributed by atoms with van der Waals surface area (Å²) in [6.07, 6.45) is 1.37. The number of hydrogen-bond donors (Lipinski definition) is 0. The first-order valence-corrected chi connectivity index (χ1v) is 9.67. The van der Waals surface area contributed by atoms with Gasteiger partial charge in [-0.3, -0.25) is 9.36 Å². The third-order valence-corrected chi connectivity index (χ3v) is 4.84. The first kappa shape index (κ1) is 19.6. The van der Waals surface area contributed by atoms with Crippen molar-refractivity contribution in [2.75, 3.05) is 0 Å². The third-order valence-electron chi connectivity index (χ3n) is 4.84. The SMILES string of the molecule is O=c1c2nnn(-c3ccccc3)c2ncn1Cc1ccc(Oc2ccccc2F)c(F)c1. The van der Waals surface area contributed by atoms with Gasteiger partial charge in [-0.15, -0.1) is 5.10 Å². The minimum absolute atomic E-state index is 0.0663. The van der Waals surface area contributed by atoms with Crippen LogP contribution in [0.2, 0.25) is 0 Å². The van der Waals surface area contributed by atoms with Crippen molar-refractivity contribution in [3.63, 3.8) is 0 Å². The summed E-state index contributed by atoms with van der Waals surface area (Å²) in [5.41, 5.74) is 1.27. The van der Waals surface area contributed by atoms with Gasteiger partial charge in [0.05, 0.1) is 12.2 Å². The fourth-order valence-electron chi connectivity index (χ4n) is 3.27. The molecule has 32 heavy (non-hydrogen) atoms. The second kappa shape index (κ2) is 8.03. The van der Waals surface area contributed by atoms with Crippen molar-refractivity contribution < 1.29 is 13.5 Å². The Balaban J connectivity index is 1.42. The summed E-state index contributed by atoms with van der Waals surface area (Å²) in [6.45, 7) is 0.0663. The average molecular weight is 431 g/mol. The van der Waals surface area contributed by atoms with Gasteiger partial charge in [0.25, 0.3) is 5.56 Å². The van der Waals surface area contributed by atoms with Crippen LogP contribution in [-0.2, 0) is 6.54 Å². The molecule has 0 aliphatic carbocycles. The molecule has 0 amide bonds. The van der Waals surface area contributed by atoms with Gasteiger partial charge >= 0.3 is 0 Å². The summed E-state index contributed by atoms with van der Waals surface area (Å²) in [4.78, 5) is 17.2. The standard InChI is InChI=1S/C23H15F2N5O2/c24-17-8-4-5-9-19(17)32-20-11-10-15(12-18(20)25)13-29-14-26-22-21(23(29)31)27-28-30(22)16-6-2-1-3-7-16/h1-12,14H,13H2. The van der Waals surface area contributed by atoms with Crippen LogP contribution in [0.5, 0.6) is 11.5 Å². The smallest absolute Gasteiger partial charge is 0.283 e. The molecule has 0 saturated carbocycles. The minimum Gasteiger partial charge on any atom is -0.451 e. The summed E-state index contributed by atoms with van der Waals surface area (Å²) in [6, 6.07) is 19.2. The molecular formula is C23H15F2N5O2. The van der Waals surface area contributed by atoms with Crippen LogP contribution in [-0.4, -0.2) is 24.5 Å². The van der Waals surface area contributed by atoms with Gasteiger partial charge in [0.1, 0.15) is 6.33 Å². The average Bonchev–Trinajstić information content (AvgIpc) is 3.24. The number of fused-ring (bicyclic) bond motifs is 1. The van der Waals surface area contributed by atoms with E-state index in [1.54, 1.807) is 12.1 Å². The zero-order valence-electron chi connectivity index (χ0n) is 16.5. The number of benzene rings is 3. The Bertz CT molecular complexity index is 1480. The van der Waals surface area contributed by atoms with Crippen molar-refractivity contribution in [1.29, 1.82) is 0 Å². The molecule has 0 fully saturated rings. The molecule has 0 atom stereocenters. The highest BCUT2D eigenvalue weighted by atomic mass is 19.1. The van der Waals surface area contributed by atoms with E-state index in [0.29, 0.717) is 11.2 Å². The number of nitrogens with zero attached hydrogens (tertiary/aromatic N) is 5. The Morgan fingerprint density at radius 3 is 2.41 bits per heavy atom. The molecule has 5 rings (SSSR count). The predicted octanol–water partition coefficient (Wildman–Crippen LogP) is 4.10. The molecule has 0 bridgehead atoms. The molecule has 3 aromatic carbocycles. The molecular weight excluding hydrogens is 416 g/mol. The Kier molecular flexibility index (Phi) is 4.91. The third kappa shape index (κ3) is 3.60. The number of hydrogen-bond acceptors (Lipinski definition) is 5. The van der Waals surface area contributed by atoms with Crippen LogP contribution in [0.25, 0.3) is 16.9 Å². The monoisotopic (exact) mass is 431 g/mol. The van der Waals surface area contributed by atoms with Crippen molar-refractivity contribution >= 4 is 11.2 Å². The van der Waals surface area contributed by atoms with E-state index in [1.165, 1.54) is 45.9 Å². The zero-order chi connectivity index (χ0) is 22.1. The highest BCUT2D eigenvalue weighted by molar-refractivity contribution is 5.70. The van der Waals surface area contributed by atoms with E-state index in [-0.39, 0.29) is 23.6 Å². The van der Waals surface area contributed by atoms with Gasteiger partial charge in [-0.25, -0.2) is 13.8 Å². The summed E-state index contributed by atoms with van der Waals surface area (Å²) < 4.78 is 36.4. The zero-order valence-corrected chi connectivity index (χ0v) is 16.5. The summed E-state index contributed by atoms with van der Waals surface area (Å²) in [5.74, 6) is -1.47. The Hall–Kier alpha value is -4.40. The highest BCUT2D eigenvalue weighted by Crippen LogP contribution is 2.27. The summed E-state index contributed by atoms with van der Waals surface area (Å²) in [7, 11) is 0. The molecule has 9 heteroatoms. The van der Waals surface area contributed by atoms with E-state index in [0.717, 1.165) is 5.69 Å². The molecule has 0 spiro atoms. The van der Waals surface area contributed by atoms with Crippen molar-refractivity contribution in [2.45, 2.75) is 6.54 Å². The molecule has 0 radical (unpaired) electrons. The van der Waals surface area contributed by atoms with E-state index in [9.17, 15) is 13.6 Å². The number of aromatic nitrogens is 5. The van der Waals surface area contributed by atoms with Crippen molar-refractivity contribution in [3.05, 3.63) is 107 Å². The van der Waals surface area contributed by atoms with E-state index < -0.39 is 17.2 Å². The molecule has 0 N–H and O–H groups in total. The lowest BCUT2D eigenvalue weighted by Gasteiger charge is -2.10. The Labute approximate surface area is 180 Å². The van der Waals surface area contributed by atoms with Gasteiger partial charge in [0.2, 0.25) is 0 Å². The molecule has 0 unspecified atom stereocenters. The van der Waals surface area contributed by atoms with Crippen LogP contribution >= 0.6 is 0 Å². The molecule has 0 aliphatic heterocycles. The lowest BCUT2D eigenvalue weighted by atomic mass is 10.2. The van der Waals surface area contributed by atoms with Crippen LogP contribution in [0.15, 0.2) is 83.9 Å². The molecule has 7 nitrogen and oxygen atoms in total. The van der Waals surface area contributed by atoms with Gasteiger partial charge < -0.3 is 4.74 Å². The topological polar surface area (TPSA) is 74.8 Å². The Morgan fingerprint density at radius 2 is 1.62 bits per heavy atom. The van der Waals surface area contributed by atoms with Gasteiger partial charge in [0.15, 0.2) is 34.3 Å². The molecule has 2 aromatic heterocycles. The first-order valence-electron chi connectivity index (χ1n) is 9.67. The molecule has 5 aromatic rings. The quantitative estimate of drug-likeness (QED) is 0.419. The number of rotatable bonds is 5. The molecule has 2 heterocycles. The summed E-state index contributed by atoms with van der Waals surface area (Å²) >= 11 is 0. The van der Waals surface area contributed by atoms with Gasteiger partial charge in [-0.1, -0.05) is 41.6 Å². The second-order valence-corrected chi connectivity index (χ2v) is 6.98. The fourth-order valence-corrected chi connectivity index (χ4v) is 3.27. The lowest BCUT2D eigenvalue weighted by molar-refractivity contribution is 0.414. The Morgan fingerprint density at radius 1 is 0.875 bits per heavy atom. The van der Waals surface area contributed by atoms with Crippen LogP contribution in [0, 0.1) is 11.6 Å². The molecule has 158 valence electrons. The van der Waals surface area contributed by atoms with E-state index in [4.69, 9.17) is 4.74 Å². The van der Waals surface area contributed by atoms with Gasteiger partial charge in [-0.05, 0) is 42.0 Å². The highest BCUT2D eigenvalue weighted by Gasteiger charge is 2.14. The predicted molar refractivity (Wildman–Crippen MR) is 113 cm³/mol. The van der Waals surface area contributed by atoms with Crippen LogP contribution in [0.3, 0.4) is 0 Å². The summed E-state index contributed by atoms with van der Waals surface area (Å²) in [5, 5.41) is 8.00.